The first-order valence-electron chi connectivity index (χ1n) is 14.9. The molecule has 5 aromatic heterocycles. The number of aromatic nitrogens is 5. The first kappa shape index (κ1) is 32.9. The summed E-state index contributed by atoms with van der Waals surface area (Å²) in [6.07, 6.45) is 5.43. The van der Waals surface area contributed by atoms with Crippen molar-refractivity contribution < 1.29 is 47.0 Å². The second-order valence-corrected chi connectivity index (χ2v) is 10.5. The molecule has 1 aliphatic rings. The predicted octanol–water partition coefficient (Wildman–Crippen LogP) is 4.72. The van der Waals surface area contributed by atoms with Crippen LogP contribution in [0.2, 0.25) is 0 Å². The fourth-order valence-corrected chi connectivity index (χ4v) is 4.49. The largest absolute Gasteiger partial charge is 0.475 e. The fourth-order valence-electron chi connectivity index (χ4n) is 4.49. The number of carboxylic acids is 1. The van der Waals surface area contributed by atoms with Gasteiger partial charge in [0, 0.05) is 12.8 Å². The summed E-state index contributed by atoms with van der Waals surface area (Å²) in [5.74, 6) is -0.0475. The number of aromatic carboxylic acids is 1. The lowest BCUT2D eigenvalue weighted by atomic mass is 10.1. The summed E-state index contributed by atoms with van der Waals surface area (Å²) in [5, 5.41) is 27.0. The summed E-state index contributed by atoms with van der Waals surface area (Å²) in [6.45, 7) is 7.30. The third-order valence-corrected chi connectivity index (χ3v) is 7.13. The van der Waals surface area contributed by atoms with Gasteiger partial charge in [0.1, 0.15) is 30.4 Å². The number of pyridine rings is 1. The molecule has 0 aliphatic carbocycles. The summed E-state index contributed by atoms with van der Waals surface area (Å²) in [4.78, 5) is 27.0. The van der Waals surface area contributed by atoms with Gasteiger partial charge in [-0.25, -0.2) is 4.79 Å². The van der Waals surface area contributed by atoms with Crippen LogP contribution in [0, 0.1) is 13.8 Å². The summed E-state index contributed by atoms with van der Waals surface area (Å²) in [7, 11) is 0. The molecular formula is C31H34N6O10. The van der Waals surface area contributed by atoms with Gasteiger partial charge in [-0.05, 0) is 55.6 Å². The number of amides is 1. The molecule has 0 spiro atoms. The van der Waals surface area contributed by atoms with Gasteiger partial charge in [0.15, 0.2) is 0 Å². The lowest BCUT2D eigenvalue weighted by Crippen LogP contribution is -2.34. The molecule has 0 aromatic carbocycles. The maximum atomic E-state index is 12.1. The Labute approximate surface area is 268 Å². The zero-order valence-electron chi connectivity index (χ0n) is 26.1. The van der Waals surface area contributed by atoms with E-state index in [-0.39, 0.29) is 48.4 Å². The maximum Gasteiger partial charge on any atom is 0.374 e. The van der Waals surface area contributed by atoms with Crippen LogP contribution in [-0.4, -0.2) is 61.8 Å². The minimum atomic E-state index is -1.21. The molecule has 1 fully saturated rings. The quantitative estimate of drug-likeness (QED) is 0.176. The van der Waals surface area contributed by atoms with E-state index in [1.54, 1.807) is 25.3 Å². The van der Waals surface area contributed by atoms with Gasteiger partial charge < -0.3 is 42.7 Å². The van der Waals surface area contributed by atoms with Gasteiger partial charge in [0.05, 0.1) is 47.3 Å². The molecule has 2 N–H and O–H groups in total. The van der Waals surface area contributed by atoms with Gasteiger partial charge in [-0.2, -0.15) is 0 Å². The van der Waals surface area contributed by atoms with Crippen molar-refractivity contribution >= 4 is 11.9 Å². The van der Waals surface area contributed by atoms with Crippen molar-refractivity contribution in [2.24, 2.45) is 0 Å². The van der Waals surface area contributed by atoms with Crippen LogP contribution < -0.4 is 14.8 Å². The molecule has 47 heavy (non-hydrogen) atoms. The summed E-state index contributed by atoms with van der Waals surface area (Å²) in [5.41, 5.74) is 3.76. The number of unbranched alkanes of at least 4 members (excludes halogenated alkanes) is 1. The van der Waals surface area contributed by atoms with E-state index < -0.39 is 5.97 Å². The smallest absolute Gasteiger partial charge is 0.374 e. The Morgan fingerprint density at radius 2 is 1.64 bits per heavy atom. The zero-order chi connectivity index (χ0) is 33.2. The molecule has 1 saturated heterocycles. The number of hydrogen-bond donors (Lipinski definition) is 2. The molecule has 0 saturated carbocycles. The highest BCUT2D eigenvalue weighted by molar-refractivity contribution is 5.91. The van der Waals surface area contributed by atoms with E-state index in [1.807, 2.05) is 13.0 Å². The van der Waals surface area contributed by atoms with Crippen molar-refractivity contribution in [1.82, 2.24) is 30.9 Å². The second-order valence-electron chi connectivity index (χ2n) is 10.5. The Hall–Kier alpha value is -5.51. The number of carbonyl (C=O) groups excluding carboxylic acids is 1. The maximum absolute atomic E-state index is 12.1. The van der Waals surface area contributed by atoms with Crippen LogP contribution in [0.5, 0.6) is 11.8 Å². The number of carbonyl (C=O) groups is 2. The van der Waals surface area contributed by atoms with Crippen molar-refractivity contribution in [2.45, 2.75) is 65.7 Å². The monoisotopic (exact) mass is 650 g/mol. The summed E-state index contributed by atoms with van der Waals surface area (Å²) >= 11 is 0. The molecule has 6 rings (SSSR count). The number of ether oxygens (including phenoxy) is 3. The van der Waals surface area contributed by atoms with Crippen molar-refractivity contribution in [3.8, 4) is 23.1 Å². The van der Waals surface area contributed by atoms with E-state index in [9.17, 15) is 9.59 Å². The average Bonchev–Trinajstić information content (AvgIpc) is 3.91. The molecular weight excluding hydrogens is 616 g/mol. The van der Waals surface area contributed by atoms with Gasteiger partial charge >= 0.3 is 5.97 Å². The molecule has 1 aliphatic heterocycles. The molecule has 6 heterocycles. The van der Waals surface area contributed by atoms with Crippen LogP contribution in [-0.2, 0) is 24.4 Å². The molecule has 248 valence electrons. The highest BCUT2D eigenvalue weighted by atomic mass is 16.5. The molecule has 16 heteroatoms. The van der Waals surface area contributed by atoms with Crippen LogP contribution in [0.1, 0.15) is 75.6 Å². The molecule has 0 unspecified atom stereocenters. The Kier molecular flexibility index (Phi) is 11.0. The van der Waals surface area contributed by atoms with Crippen LogP contribution in [0.3, 0.4) is 0 Å². The van der Waals surface area contributed by atoms with E-state index in [2.05, 4.69) is 42.4 Å². The minimum Gasteiger partial charge on any atom is -0.475 e. The van der Waals surface area contributed by atoms with Gasteiger partial charge in [-0.1, -0.05) is 29.7 Å². The van der Waals surface area contributed by atoms with Crippen LogP contribution in [0.4, 0.5) is 0 Å². The average molecular weight is 651 g/mol. The second kappa shape index (κ2) is 15.7. The van der Waals surface area contributed by atoms with E-state index >= 15 is 0 Å². The first-order valence-corrected chi connectivity index (χ1v) is 14.9. The van der Waals surface area contributed by atoms with Gasteiger partial charge in [-0.15, -0.1) is 0 Å². The van der Waals surface area contributed by atoms with E-state index in [1.165, 1.54) is 12.1 Å². The zero-order valence-corrected chi connectivity index (χ0v) is 26.1. The molecule has 16 nitrogen and oxygen atoms in total. The number of rotatable bonds is 13. The van der Waals surface area contributed by atoms with Crippen LogP contribution >= 0.6 is 0 Å². The van der Waals surface area contributed by atoms with Crippen molar-refractivity contribution in [1.29, 1.82) is 0 Å². The SMILES string of the molecule is CCCCc1noc(C)c1COc1cc(C(=O)N[C@H]2CCOC2)on1.Cc1onc(-c2ccccn2)c1COc1cc(C(=O)O)on1. The standard InChI is InChI=1S/C17H23N3O5.C14H11N3O5/c1-3-4-5-14-13(11(2)24-19-14)10-23-16-8-15(25-20-16)17(21)18-12-6-7-22-9-12;1-8-9(7-20-12-6-11(14(18)19)22-16-12)13(17-21-8)10-4-2-3-5-15-10/h8,12H,3-7,9-10H2,1-2H3,(H,18,21);2-6H,7H2,1H3,(H,18,19)/t12-;/m0./s1. The lowest BCUT2D eigenvalue weighted by Gasteiger charge is -2.07. The highest BCUT2D eigenvalue weighted by Crippen LogP contribution is 2.25. The summed E-state index contributed by atoms with van der Waals surface area (Å²) in [6, 6.07) is 8.15. The number of nitrogens with zero attached hydrogens (tertiary/aromatic N) is 5. The van der Waals surface area contributed by atoms with Crippen LogP contribution in [0.25, 0.3) is 11.4 Å². The fraction of sp³-hybridized carbons (Fsp3) is 0.387. The molecule has 0 bridgehead atoms. The normalized spacial score (nSPS) is 14.0. The summed E-state index contributed by atoms with van der Waals surface area (Å²) < 4.78 is 36.4. The Morgan fingerprint density at radius 1 is 0.936 bits per heavy atom. The third kappa shape index (κ3) is 8.61. The Morgan fingerprint density at radius 3 is 2.30 bits per heavy atom. The number of carboxylic acid groups (broad SMARTS) is 1. The number of hydrogen-bond acceptors (Lipinski definition) is 14. The van der Waals surface area contributed by atoms with Crippen molar-refractivity contribution in [3.05, 3.63) is 76.4 Å². The van der Waals surface area contributed by atoms with Crippen molar-refractivity contribution in [2.75, 3.05) is 13.2 Å². The number of aryl methyl sites for hydroxylation is 3. The van der Waals surface area contributed by atoms with Crippen molar-refractivity contribution in [3.63, 3.8) is 0 Å². The van der Waals surface area contributed by atoms with Gasteiger partial charge in [0.2, 0.25) is 11.5 Å². The highest BCUT2D eigenvalue weighted by Gasteiger charge is 2.22. The van der Waals surface area contributed by atoms with E-state index in [0.717, 1.165) is 42.7 Å². The van der Waals surface area contributed by atoms with Gasteiger partial charge in [0.25, 0.3) is 17.7 Å². The molecule has 0 radical (unpaired) electrons. The topological polar surface area (TPSA) is 211 Å². The Balaban J connectivity index is 0.000000186. The first-order chi connectivity index (χ1) is 22.8. The number of nitrogens with one attached hydrogen (secondary N) is 1. The lowest BCUT2D eigenvalue weighted by molar-refractivity contribution is 0.0651. The molecule has 1 atom stereocenters. The molecule has 5 aromatic rings. The van der Waals surface area contributed by atoms with E-state index in [4.69, 9.17) is 32.9 Å². The minimum absolute atomic E-state index is 0.0164. The van der Waals surface area contributed by atoms with Gasteiger partial charge in [-0.3, -0.25) is 9.78 Å². The van der Waals surface area contributed by atoms with Crippen LogP contribution in [0.15, 0.2) is 54.6 Å². The molecule has 1 amide bonds. The van der Waals surface area contributed by atoms with E-state index in [0.29, 0.717) is 35.9 Å². The Bertz CT molecular complexity index is 1750. The predicted molar refractivity (Wildman–Crippen MR) is 160 cm³/mol. The third-order valence-electron chi connectivity index (χ3n) is 7.13.